The molecular formula is C15H23NO3. The standard InChI is InChI=1S/C15H23NO3/c1-18-9-8-15(6-7-15)11-16-10-12-4-3-5-13(19-2)14(12)17/h3-5,16-17H,6-11H2,1-2H3. The van der Waals surface area contributed by atoms with Crippen LogP contribution in [0.4, 0.5) is 0 Å². The van der Waals surface area contributed by atoms with E-state index in [1.54, 1.807) is 20.3 Å². The zero-order valence-electron chi connectivity index (χ0n) is 11.7. The first kappa shape index (κ1) is 14.2. The molecule has 0 aliphatic heterocycles. The van der Waals surface area contributed by atoms with Gasteiger partial charge in [-0.3, -0.25) is 0 Å². The summed E-state index contributed by atoms with van der Waals surface area (Å²) in [4.78, 5) is 0. The van der Waals surface area contributed by atoms with Crippen LogP contribution in [0.5, 0.6) is 11.5 Å². The van der Waals surface area contributed by atoms with Crippen LogP contribution in [0.3, 0.4) is 0 Å². The van der Waals surface area contributed by atoms with Crippen molar-refractivity contribution in [1.29, 1.82) is 0 Å². The van der Waals surface area contributed by atoms with Crippen molar-refractivity contribution in [2.24, 2.45) is 5.41 Å². The van der Waals surface area contributed by atoms with Crippen LogP contribution in [-0.4, -0.2) is 32.5 Å². The molecule has 0 saturated heterocycles. The van der Waals surface area contributed by atoms with E-state index in [0.29, 0.717) is 17.7 Å². The summed E-state index contributed by atoms with van der Waals surface area (Å²) >= 11 is 0. The summed E-state index contributed by atoms with van der Waals surface area (Å²) in [6, 6.07) is 5.58. The van der Waals surface area contributed by atoms with Crippen LogP contribution in [0, 0.1) is 5.41 Å². The van der Waals surface area contributed by atoms with Gasteiger partial charge in [-0.15, -0.1) is 0 Å². The number of aromatic hydroxyl groups is 1. The smallest absolute Gasteiger partial charge is 0.162 e. The van der Waals surface area contributed by atoms with Crippen molar-refractivity contribution in [1.82, 2.24) is 5.32 Å². The number of para-hydroxylation sites is 1. The highest BCUT2D eigenvalue weighted by atomic mass is 16.5. The maximum atomic E-state index is 9.99. The maximum Gasteiger partial charge on any atom is 0.162 e. The third-order valence-electron chi connectivity index (χ3n) is 3.91. The van der Waals surface area contributed by atoms with Crippen LogP contribution in [0.1, 0.15) is 24.8 Å². The van der Waals surface area contributed by atoms with Gasteiger partial charge in [0.25, 0.3) is 0 Å². The van der Waals surface area contributed by atoms with E-state index in [-0.39, 0.29) is 5.75 Å². The van der Waals surface area contributed by atoms with Gasteiger partial charge in [0.1, 0.15) is 0 Å². The summed E-state index contributed by atoms with van der Waals surface area (Å²) in [7, 11) is 3.31. The molecule has 4 heteroatoms. The van der Waals surface area contributed by atoms with Crippen LogP contribution < -0.4 is 10.1 Å². The fourth-order valence-electron chi connectivity index (χ4n) is 2.35. The second-order valence-electron chi connectivity index (χ2n) is 5.31. The molecule has 1 aromatic rings. The Morgan fingerprint density at radius 1 is 1.32 bits per heavy atom. The van der Waals surface area contributed by atoms with Gasteiger partial charge in [0.2, 0.25) is 0 Å². The van der Waals surface area contributed by atoms with Crippen molar-refractivity contribution in [3.05, 3.63) is 23.8 Å². The summed E-state index contributed by atoms with van der Waals surface area (Å²) in [5.74, 6) is 0.763. The Kier molecular flexibility index (Phi) is 4.66. The molecule has 19 heavy (non-hydrogen) atoms. The quantitative estimate of drug-likeness (QED) is 0.757. The fourth-order valence-corrected chi connectivity index (χ4v) is 2.35. The number of nitrogens with one attached hydrogen (secondary N) is 1. The average molecular weight is 265 g/mol. The molecule has 0 radical (unpaired) electrons. The summed E-state index contributed by atoms with van der Waals surface area (Å²) in [6.07, 6.45) is 3.65. The van der Waals surface area contributed by atoms with Gasteiger partial charge >= 0.3 is 0 Å². The lowest BCUT2D eigenvalue weighted by molar-refractivity contribution is 0.171. The van der Waals surface area contributed by atoms with Gasteiger partial charge in [-0.2, -0.15) is 0 Å². The molecule has 2 N–H and O–H groups in total. The van der Waals surface area contributed by atoms with Crippen molar-refractivity contribution in [3.8, 4) is 11.5 Å². The molecule has 0 unspecified atom stereocenters. The van der Waals surface area contributed by atoms with Crippen LogP contribution >= 0.6 is 0 Å². The summed E-state index contributed by atoms with van der Waals surface area (Å²) in [5.41, 5.74) is 1.30. The maximum absolute atomic E-state index is 9.99. The molecule has 0 atom stereocenters. The van der Waals surface area contributed by atoms with Crippen molar-refractivity contribution < 1.29 is 14.6 Å². The lowest BCUT2D eigenvalue weighted by Gasteiger charge is -2.16. The Labute approximate surface area is 114 Å². The van der Waals surface area contributed by atoms with E-state index in [2.05, 4.69) is 5.32 Å². The van der Waals surface area contributed by atoms with E-state index in [9.17, 15) is 5.11 Å². The van der Waals surface area contributed by atoms with E-state index < -0.39 is 0 Å². The van der Waals surface area contributed by atoms with Gasteiger partial charge in [-0.25, -0.2) is 0 Å². The summed E-state index contributed by atoms with van der Waals surface area (Å²) in [6.45, 7) is 2.47. The van der Waals surface area contributed by atoms with Crippen molar-refractivity contribution in [3.63, 3.8) is 0 Å². The van der Waals surface area contributed by atoms with Crippen molar-refractivity contribution in [2.75, 3.05) is 27.4 Å². The number of phenolic OH excluding ortho intramolecular Hbond substituents is 1. The average Bonchev–Trinajstić information content (AvgIpc) is 3.19. The number of benzene rings is 1. The largest absolute Gasteiger partial charge is 0.504 e. The summed E-state index contributed by atoms with van der Waals surface area (Å²) < 4.78 is 10.3. The van der Waals surface area contributed by atoms with Crippen LogP contribution in [-0.2, 0) is 11.3 Å². The van der Waals surface area contributed by atoms with Gasteiger partial charge in [0.05, 0.1) is 7.11 Å². The highest BCUT2D eigenvalue weighted by Crippen LogP contribution is 2.48. The second kappa shape index (κ2) is 6.26. The molecule has 1 aromatic carbocycles. The molecule has 0 bridgehead atoms. The highest BCUT2D eigenvalue weighted by molar-refractivity contribution is 5.45. The highest BCUT2D eigenvalue weighted by Gasteiger charge is 2.41. The topological polar surface area (TPSA) is 50.7 Å². The minimum absolute atomic E-state index is 0.235. The molecule has 4 nitrogen and oxygen atoms in total. The normalized spacial score (nSPS) is 16.3. The lowest BCUT2D eigenvalue weighted by atomic mass is 10.0. The number of phenols is 1. The van der Waals surface area contributed by atoms with Gasteiger partial charge in [0.15, 0.2) is 11.5 Å². The van der Waals surface area contributed by atoms with Crippen molar-refractivity contribution >= 4 is 0 Å². The van der Waals surface area contributed by atoms with Gasteiger partial charge in [-0.05, 0) is 30.7 Å². The number of hydrogen-bond acceptors (Lipinski definition) is 4. The SMILES string of the molecule is COCCC1(CNCc2cccc(OC)c2O)CC1. The molecule has 1 fully saturated rings. The molecular weight excluding hydrogens is 242 g/mol. The van der Waals surface area contributed by atoms with E-state index in [0.717, 1.165) is 25.1 Å². The number of rotatable bonds is 8. The molecule has 1 aliphatic rings. The molecule has 1 saturated carbocycles. The first-order valence-electron chi connectivity index (χ1n) is 6.75. The first-order valence-corrected chi connectivity index (χ1v) is 6.75. The fraction of sp³-hybridized carbons (Fsp3) is 0.600. The Morgan fingerprint density at radius 2 is 2.11 bits per heavy atom. The zero-order valence-corrected chi connectivity index (χ0v) is 11.7. The van der Waals surface area contributed by atoms with Gasteiger partial charge in [-0.1, -0.05) is 12.1 Å². The molecule has 1 aliphatic carbocycles. The molecule has 0 heterocycles. The zero-order chi connectivity index (χ0) is 13.7. The molecule has 2 rings (SSSR count). The number of methoxy groups -OCH3 is 2. The third-order valence-corrected chi connectivity index (χ3v) is 3.91. The van der Waals surface area contributed by atoms with Crippen LogP contribution in [0.15, 0.2) is 18.2 Å². The van der Waals surface area contributed by atoms with Crippen molar-refractivity contribution in [2.45, 2.75) is 25.8 Å². The van der Waals surface area contributed by atoms with Crippen LogP contribution in [0.2, 0.25) is 0 Å². The minimum Gasteiger partial charge on any atom is -0.504 e. The minimum atomic E-state index is 0.235. The Balaban J connectivity index is 1.83. The Morgan fingerprint density at radius 3 is 2.74 bits per heavy atom. The Bertz CT molecular complexity index is 416. The lowest BCUT2D eigenvalue weighted by Crippen LogP contribution is -2.24. The number of ether oxygens (including phenoxy) is 2. The molecule has 0 aromatic heterocycles. The van der Waals surface area contributed by atoms with Gasteiger partial charge in [0, 0.05) is 32.4 Å². The molecule has 0 spiro atoms. The third kappa shape index (κ3) is 3.61. The van der Waals surface area contributed by atoms with E-state index in [1.807, 2.05) is 12.1 Å². The van der Waals surface area contributed by atoms with E-state index >= 15 is 0 Å². The second-order valence-corrected chi connectivity index (χ2v) is 5.31. The predicted octanol–water partition coefficient (Wildman–Crippen LogP) is 2.31. The number of hydrogen-bond donors (Lipinski definition) is 2. The summed E-state index contributed by atoms with van der Waals surface area (Å²) in [5, 5.41) is 13.4. The van der Waals surface area contributed by atoms with Crippen LogP contribution in [0.25, 0.3) is 0 Å². The molecule has 106 valence electrons. The van der Waals surface area contributed by atoms with E-state index in [4.69, 9.17) is 9.47 Å². The predicted molar refractivity (Wildman–Crippen MR) is 74.5 cm³/mol. The molecule has 0 amide bonds. The van der Waals surface area contributed by atoms with E-state index in [1.165, 1.54) is 12.8 Å². The monoisotopic (exact) mass is 265 g/mol. The van der Waals surface area contributed by atoms with Gasteiger partial charge < -0.3 is 19.9 Å². The Hall–Kier alpha value is -1.26. The first-order chi connectivity index (χ1) is 9.21.